The quantitative estimate of drug-likeness (QED) is 0.818. The number of rotatable bonds is 5. The van der Waals surface area contributed by atoms with E-state index < -0.39 is 25.2 Å². The number of hydrogen-bond donors (Lipinski definition) is 1. The molecule has 1 rings (SSSR count). The van der Waals surface area contributed by atoms with E-state index in [9.17, 15) is 22.8 Å². The van der Waals surface area contributed by atoms with E-state index in [1.165, 1.54) is 24.3 Å². The first-order valence-electron chi connectivity index (χ1n) is 4.92. The van der Waals surface area contributed by atoms with Crippen LogP contribution in [0.4, 0.5) is 13.2 Å². The normalized spacial score (nSPS) is 10.8. The number of carbonyl (C=O) groups excluding carboxylic acids is 2. The fourth-order valence-corrected chi connectivity index (χ4v) is 1.04. The number of nitrogens with one attached hydrogen (secondary N) is 1. The van der Waals surface area contributed by atoms with Gasteiger partial charge in [-0.25, -0.2) is 0 Å². The molecule has 7 heteroatoms. The molecular formula is C11H10F3NO3. The van der Waals surface area contributed by atoms with Gasteiger partial charge in [0, 0.05) is 5.56 Å². The lowest BCUT2D eigenvalue weighted by molar-refractivity contribution is -0.139. The summed E-state index contributed by atoms with van der Waals surface area (Å²) in [5.41, 5.74) is 0.434. The first-order chi connectivity index (χ1) is 8.40. The minimum atomic E-state index is -4.44. The molecule has 0 aromatic heterocycles. The molecule has 0 aliphatic carbocycles. The molecule has 0 atom stereocenters. The van der Waals surface area contributed by atoms with Gasteiger partial charge in [0.15, 0.2) is 6.61 Å². The fraction of sp³-hybridized carbons (Fsp3) is 0.273. The van der Waals surface area contributed by atoms with Crippen LogP contribution < -0.4 is 10.1 Å². The van der Waals surface area contributed by atoms with Gasteiger partial charge in [-0.1, -0.05) is 0 Å². The van der Waals surface area contributed by atoms with Crippen molar-refractivity contribution < 1.29 is 27.5 Å². The zero-order valence-electron chi connectivity index (χ0n) is 9.16. The third kappa shape index (κ3) is 5.33. The summed E-state index contributed by atoms with van der Waals surface area (Å²) in [6, 6.07) is 5.83. The van der Waals surface area contributed by atoms with Gasteiger partial charge in [-0.3, -0.25) is 9.59 Å². The molecule has 1 aromatic carbocycles. The lowest BCUT2D eigenvalue weighted by atomic mass is 10.2. The average molecular weight is 261 g/mol. The van der Waals surface area contributed by atoms with Gasteiger partial charge in [0.1, 0.15) is 18.6 Å². The van der Waals surface area contributed by atoms with Gasteiger partial charge >= 0.3 is 6.18 Å². The van der Waals surface area contributed by atoms with Crippen LogP contribution in [0.15, 0.2) is 24.3 Å². The summed E-state index contributed by atoms with van der Waals surface area (Å²) in [6.45, 7) is -1.91. The van der Waals surface area contributed by atoms with Crippen LogP contribution in [-0.2, 0) is 4.79 Å². The van der Waals surface area contributed by atoms with Crippen LogP contribution in [0.5, 0.6) is 5.75 Å². The minimum absolute atomic E-state index is 0.294. The van der Waals surface area contributed by atoms with Crippen LogP contribution in [0.1, 0.15) is 10.4 Å². The smallest absolute Gasteiger partial charge is 0.405 e. The second kappa shape index (κ2) is 6.04. The number of hydrogen-bond acceptors (Lipinski definition) is 3. The summed E-state index contributed by atoms with van der Waals surface area (Å²) in [5, 5.41) is 1.67. The van der Waals surface area contributed by atoms with Gasteiger partial charge in [0.05, 0.1) is 0 Å². The monoisotopic (exact) mass is 261 g/mol. The molecule has 0 fully saturated rings. The van der Waals surface area contributed by atoms with Gasteiger partial charge in [-0.05, 0) is 24.3 Å². The Kier molecular flexibility index (Phi) is 4.70. The Hall–Kier alpha value is -2.05. The summed E-state index contributed by atoms with van der Waals surface area (Å²) in [5.74, 6) is -0.574. The average Bonchev–Trinajstić information content (AvgIpc) is 2.33. The molecule has 18 heavy (non-hydrogen) atoms. The molecule has 0 spiro atoms. The van der Waals surface area contributed by atoms with E-state index in [2.05, 4.69) is 0 Å². The number of benzene rings is 1. The molecule has 4 nitrogen and oxygen atoms in total. The zero-order valence-corrected chi connectivity index (χ0v) is 9.16. The number of aldehydes is 1. The van der Waals surface area contributed by atoms with Crippen LogP contribution in [0.25, 0.3) is 0 Å². The molecule has 1 N–H and O–H groups in total. The van der Waals surface area contributed by atoms with E-state index in [0.717, 1.165) is 0 Å². The third-order valence-electron chi connectivity index (χ3n) is 1.87. The molecule has 1 amide bonds. The molecule has 1 aromatic rings. The predicted molar refractivity (Wildman–Crippen MR) is 56.4 cm³/mol. The third-order valence-corrected chi connectivity index (χ3v) is 1.87. The number of halogens is 3. The van der Waals surface area contributed by atoms with Crippen molar-refractivity contribution in [2.24, 2.45) is 0 Å². The molecule has 0 aliphatic heterocycles. The van der Waals surface area contributed by atoms with E-state index in [0.29, 0.717) is 17.6 Å². The molecule has 0 radical (unpaired) electrons. The zero-order chi connectivity index (χ0) is 13.6. The first-order valence-corrected chi connectivity index (χ1v) is 4.92. The second-order valence-electron chi connectivity index (χ2n) is 3.37. The molecule has 0 heterocycles. The molecule has 0 aliphatic rings. The van der Waals surface area contributed by atoms with Gasteiger partial charge < -0.3 is 10.1 Å². The van der Waals surface area contributed by atoms with Gasteiger partial charge in [0.2, 0.25) is 0 Å². The maximum absolute atomic E-state index is 11.8. The van der Waals surface area contributed by atoms with Crippen LogP contribution in [0, 0.1) is 0 Å². The molecule has 98 valence electrons. The predicted octanol–water partition coefficient (Wildman–Crippen LogP) is 1.56. The second-order valence-corrected chi connectivity index (χ2v) is 3.37. The Morgan fingerprint density at radius 2 is 1.89 bits per heavy atom. The van der Waals surface area contributed by atoms with Crippen molar-refractivity contribution >= 4 is 12.2 Å². The SMILES string of the molecule is O=Cc1ccc(OCC(=O)NCC(F)(F)F)cc1. The van der Waals surface area contributed by atoms with Gasteiger partial charge in [-0.2, -0.15) is 13.2 Å². The summed E-state index contributed by atoms with van der Waals surface area (Å²) in [4.78, 5) is 21.3. The van der Waals surface area contributed by atoms with E-state index >= 15 is 0 Å². The van der Waals surface area contributed by atoms with Gasteiger partial charge in [0.25, 0.3) is 5.91 Å². The lowest BCUT2D eigenvalue weighted by Gasteiger charge is -2.09. The number of ether oxygens (including phenoxy) is 1. The standard InChI is InChI=1S/C11H10F3NO3/c12-11(13,14)7-15-10(17)6-18-9-3-1-8(5-16)2-4-9/h1-5H,6-7H2,(H,15,17). The Labute approximate surface area is 101 Å². The van der Waals surface area contributed by atoms with E-state index in [4.69, 9.17) is 4.74 Å². The molecule has 0 saturated heterocycles. The summed E-state index contributed by atoms with van der Waals surface area (Å²) < 4.78 is 40.3. The van der Waals surface area contributed by atoms with Crippen LogP contribution in [0.3, 0.4) is 0 Å². The Morgan fingerprint density at radius 3 is 2.39 bits per heavy atom. The van der Waals surface area contributed by atoms with Crippen molar-refractivity contribution in [1.82, 2.24) is 5.32 Å². The molecule has 0 unspecified atom stereocenters. The molecule has 0 bridgehead atoms. The Bertz CT molecular complexity index is 415. The largest absolute Gasteiger partial charge is 0.484 e. The van der Waals surface area contributed by atoms with Crippen molar-refractivity contribution in [1.29, 1.82) is 0 Å². The summed E-state index contributed by atoms with van der Waals surface area (Å²) >= 11 is 0. The first kappa shape index (κ1) is 14.0. The van der Waals surface area contributed by atoms with Crippen molar-refractivity contribution in [3.8, 4) is 5.75 Å². The highest BCUT2D eigenvalue weighted by atomic mass is 19.4. The highest BCUT2D eigenvalue weighted by molar-refractivity contribution is 5.77. The maximum Gasteiger partial charge on any atom is 0.405 e. The number of amides is 1. The summed E-state index contributed by atoms with van der Waals surface area (Å²) in [6.07, 6.45) is -3.80. The van der Waals surface area contributed by atoms with Crippen molar-refractivity contribution in [3.63, 3.8) is 0 Å². The highest BCUT2D eigenvalue weighted by Gasteiger charge is 2.27. The van der Waals surface area contributed by atoms with Crippen LogP contribution in [0.2, 0.25) is 0 Å². The number of carbonyl (C=O) groups is 2. The molecular weight excluding hydrogens is 251 g/mol. The van der Waals surface area contributed by atoms with Gasteiger partial charge in [-0.15, -0.1) is 0 Å². The van der Waals surface area contributed by atoms with Crippen molar-refractivity contribution in [2.75, 3.05) is 13.2 Å². The van der Waals surface area contributed by atoms with E-state index in [1.54, 1.807) is 5.32 Å². The van der Waals surface area contributed by atoms with E-state index in [1.807, 2.05) is 0 Å². The van der Waals surface area contributed by atoms with Crippen molar-refractivity contribution in [3.05, 3.63) is 29.8 Å². The van der Waals surface area contributed by atoms with Crippen LogP contribution >= 0.6 is 0 Å². The summed E-state index contributed by atoms with van der Waals surface area (Å²) in [7, 11) is 0. The lowest BCUT2D eigenvalue weighted by Crippen LogP contribution is -2.36. The number of alkyl halides is 3. The maximum atomic E-state index is 11.8. The topological polar surface area (TPSA) is 55.4 Å². The van der Waals surface area contributed by atoms with Crippen molar-refractivity contribution in [2.45, 2.75) is 6.18 Å². The molecule has 0 saturated carbocycles. The minimum Gasteiger partial charge on any atom is -0.484 e. The Morgan fingerprint density at radius 1 is 1.28 bits per heavy atom. The Balaban J connectivity index is 2.35. The fourth-order valence-electron chi connectivity index (χ4n) is 1.04. The van der Waals surface area contributed by atoms with E-state index in [-0.39, 0.29) is 0 Å². The van der Waals surface area contributed by atoms with Crippen LogP contribution in [-0.4, -0.2) is 31.5 Å². The highest BCUT2D eigenvalue weighted by Crippen LogP contribution is 2.12.